The second-order valence-electron chi connectivity index (χ2n) is 6.64. The molecule has 0 fully saturated rings. The quantitative estimate of drug-likeness (QED) is 0.487. The minimum Gasteiger partial charge on any atom is -0.192 e. The molecule has 0 unspecified atom stereocenters. The van der Waals surface area contributed by atoms with E-state index in [2.05, 4.69) is 9.69 Å². The normalized spacial score (nSPS) is 13.7. The Morgan fingerprint density at radius 2 is 1.41 bits per heavy atom. The minimum absolute atomic E-state index is 0.0151. The van der Waals surface area contributed by atoms with Gasteiger partial charge < -0.3 is 0 Å². The summed E-state index contributed by atoms with van der Waals surface area (Å²) < 4.78 is 40.2. The smallest absolute Gasteiger partial charge is 0.192 e. The molecule has 0 spiro atoms. The zero-order valence-corrected chi connectivity index (χ0v) is 17.0. The Labute approximate surface area is 184 Å². The van der Waals surface area contributed by atoms with E-state index in [1.807, 2.05) is 12.1 Å². The second-order valence-corrected chi connectivity index (χ2v) is 7.71. The molecule has 1 aromatic carbocycles. The number of alkyl halides is 3. The Bertz CT molecular complexity index is 1520. The second kappa shape index (κ2) is 7.98. The number of hydrogen-bond donors (Lipinski definition) is 0. The molecule has 0 saturated carbocycles. The monoisotopic (exact) mass is 444 g/mol. The van der Waals surface area contributed by atoms with Crippen molar-refractivity contribution in [2.45, 2.75) is 25.3 Å². The fourth-order valence-corrected chi connectivity index (χ4v) is 4.84. The molecule has 152 valence electrons. The molecule has 0 heterocycles. The molecule has 0 atom stereocenters. The van der Waals surface area contributed by atoms with E-state index >= 15 is 0 Å². The van der Waals surface area contributed by atoms with Gasteiger partial charge >= 0.3 is 11.3 Å². The third kappa shape index (κ3) is 3.27. The molecule has 0 saturated heterocycles. The van der Waals surface area contributed by atoms with E-state index < -0.39 is 27.7 Å². The number of allylic oxidation sites excluding steroid dienone is 2. The molecule has 0 aliphatic heterocycles. The Morgan fingerprint density at radius 1 is 0.906 bits per heavy atom. The van der Waals surface area contributed by atoms with Gasteiger partial charge in [0.15, 0.2) is 0 Å². The standard InChI is InChI=1S/C22H7F3N6S/c1-10-12(21(30-2)31-3)4-14-17(9-29)19-15(16(8-28)18(10)14)5-13(11(6-26)7-27)20(19)32-22(23,24)25/h4-5H2,1H3. The van der Waals surface area contributed by atoms with Gasteiger partial charge in [0.25, 0.3) is 0 Å². The van der Waals surface area contributed by atoms with Crippen LogP contribution in [0.1, 0.15) is 29.2 Å². The van der Waals surface area contributed by atoms with Crippen LogP contribution < -0.4 is 10.4 Å². The summed E-state index contributed by atoms with van der Waals surface area (Å²) in [6, 6.07) is 7.09. The molecule has 0 bridgehead atoms. The predicted molar refractivity (Wildman–Crippen MR) is 107 cm³/mol. The summed E-state index contributed by atoms with van der Waals surface area (Å²) in [5, 5.41) is 38.5. The highest BCUT2D eigenvalue weighted by Crippen LogP contribution is 2.44. The lowest BCUT2D eigenvalue weighted by atomic mass is 9.94. The topological polar surface area (TPSA) is 104 Å². The lowest BCUT2D eigenvalue weighted by Gasteiger charge is -2.09. The van der Waals surface area contributed by atoms with Gasteiger partial charge in [0, 0.05) is 16.5 Å². The maximum Gasteiger partial charge on any atom is 0.523 e. The summed E-state index contributed by atoms with van der Waals surface area (Å²) in [6.45, 7) is 16.0. The highest BCUT2D eigenvalue weighted by molar-refractivity contribution is 8.09. The number of halogens is 3. The number of rotatable bonds is 1. The Hall–Kier alpha value is -4.48. The number of benzene rings is 1. The van der Waals surface area contributed by atoms with E-state index in [1.54, 1.807) is 19.1 Å². The maximum atomic E-state index is 13.4. The Morgan fingerprint density at radius 3 is 1.88 bits per heavy atom. The van der Waals surface area contributed by atoms with Crippen molar-refractivity contribution in [1.82, 2.24) is 0 Å². The predicted octanol–water partition coefficient (Wildman–Crippen LogP) is 3.47. The minimum atomic E-state index is -4.77. The molecular weight excluding hydrogens is 437 g/mol. The van der Waals surface area contributed by atoms with Crippen LogP contribution in [0.3, 0.4) is 0 Å². The number of nitrogens with zero attached hydrogens (tertiary/aromatic N) is 6. The van der Waals surface area contributed by atoms with E-state index in [9.17, 15) is 34.2 Å². The molecule has 1 aromatic rings. The summed E-state index contributed by atoms with van der Waals surface area (Å²) in [5.41, 5.74) is -4.44. The van der Waals surface area contributed by atoms with Gasteiger partial charge in [0.2, 0.25) is 0 Å². The van der Waals surface area contributed by atoms with Crippen molar-refractivity contribution in [2.75, 3.05) is 0 Å². The molecule has 2 aliphatic rings. The molecule has 0 aromatic heterocycles. The van der Waals surface area contributed by atoms with Crippen LogP contribution in [0, 0.1) is 58.5 Å². The molecular formula is C22H7F3N6S. The largest absolute Gasteiger partial charge is 0.523 e. The number of hydrogen-bond acceptors (Lipinski definition) is 5. The summed E-state index contributed by atoms with van der Waals surface area (Å²) >= 11 is -0.534. The van der Waals surface area contributed by atoms with Gasteiger partial charge in [-0.25, -0.2) is 0 Å². The van der Waals surface area contributed by atoms with Gasteiger partial charge in [-0.05, 0) is 52.6 Å². The Balaban J connectivity index is 2.63. The zero-order chi connectivity index (χ0) is 23.8. The third-order valence-electron chi connectivity index (χ3n) is 5.19. The lowest BCUT2D eigenvalue weighted by Crippen LogP contribution is -2.26. The van der Waals surface area contributed by atoms with E-state index in [-0.39, 0.29) is 51.7 Å². The summed E-state index contributed by atoms with van der Waals surface area (Å²) in [7, 11) is 0. The SMILES string of the molecule is [C-]#[N+]C([N+]#[C-])=C1Cc2c(C#N)c3c(c(C#N)c2=C1C)CC(=C(C#N)C#N)C=3SC(F)(F)F. The molecule has 3 rings (SSSR count). The first-order valence-electron chi connectivity index (χ1n) is 8.68. The average molecular weight is 444 g/mol. The van der Waals surface area contributed by atoms with E-state index in [0.29, 0.717) is 16.4 Å². The number of thioether (sulfide) groups is 1. The number of fused-ring (bicyclic) bond motifs is 2. The molecule has 0 N–H and O–H groups in total. The average Bonchev–Trinajstić information content (AvgIpc) is 3.26. The summed E-state index contributed by atoms with van der Waals surface area (Å²) in [4.78, 5) is 5.92. The van der Waals surface area contributed by atoms with Crippen LogP contribution >= 0.6 is 11.8 Å². The summed E-state index contributed by atoms with van der Waals surface area (Å²) in [6.07, 6.45) is -0.349. The van der Waals surface area contributed by atoms with Crippen molar-refractivity contribution in [3.8, 4) is 24.3 Å². The van der Waals surface area contributed by atoms with E-state index in [1.165, 1.54) is 0 Å². The van der Waals surface area contributed by atoms with Crippen LogP contribution in [0.4, 0.5) is 13.2 Å². The van der Waals surface area contributed by atoms with Crippen molar-refractivity contribution in [2.24, 2.45) is 0 Å². The van der Waals surface area contributed by atoms with Gasteiger partial charge in [-0.3, -0.25) is 0 Å². The molecule has 6 nitrogen and oxygen atoms in total. The molecule has 32 heavy (non-hydrogen) atoms. The van der Waals surface area contributed by atoms with Gasteiger partial charge in [0.05, 0.1) is 16.7 Å². The zero-order valence-electron chi connectivity index (χ0n) is 16.1. The highest BCUT2D eigenvalue weighted by Gasteiger charge is 2.39. The summed E-state index contributed by atoms with van der Waals surface area (Å²) in [5.74, 6) is -0.239. The van der Waals surface area contributed by atoms with Crippen molar-refractivity contribution >= 4 is 22.2 Å². The third-order valence-corrected chi connectivity index (χ3v) is 6.08. The fourth-order valence-electron chi connectivity index (χ4n) is 3.98. The van der Waals surface area contributed by atoms with Crippen molar-refractivity contribution in [3.63, 3.8) is 0 Å². The fraction of sp³-hybridized carbons (Fsp3) is 0.182. The first-order chi connectivity index (χ1) is 15.2. The van der Waals surface area contributed by atoms with Crippen LogP contribution in [0.25, 0.3) is 20.2 Å². The lowest BCUT2D eigenvalue weighted by molar-refractivity contribution is -0.0318. The molecule has 10 heteroatoms. The van der Waals surface area contributed by atoms with Crippen molar-refractivity contribution < 1.29 is 13.2 Å². The first kappa shape index (κ1) is 22.2. The van der Waals surface area contributed by atoms with Crippen LogP contribution in [0.15, 0.2) is 22.5 Å². The highest BCUT2D eigenvalue weighted by atomic mass is 32.2. The Kier molecular flexibility index (Phi) is 5.54. The van der Waals surface area contributed by atoms with Crippen molar-refractivity contribution in [1.29, 1.82) is 21.0 Å². The molecule has 0 amide bonds. The van der Waals surface area contributed by atoms with Gasteiger partial charge in [-0.2, -0.15) is 43.9 Å². The van der Waals surface area contributed by atoms with Gasteiger partial charge in [0.1, 0.15) is 43.0 Å². The van der Waals surface area contributed by atoms with E-state index in [0.717, 1.165) is 0 Å². The first-order valence-corrected chi connectivity index (χ1v) is 9.49. The van der Waals surface area contributed by atoms with Crippen LogP contribution in [0.5, 0.6) is 0 Å². The molecule has 0 radical (unpaired) electrons. The van der Waals surface area contributed by atoms with Crippen LogP contribution in [-0.2, 0) is 12.8 Å². The van der Waals surface area contributed by atoms with E-state index in [4.69, 9.17) is 13.1 Å². The molecule has 2 aliphatic carbocycles. The maximum absolute atomic E-state index is 13.4. The van der Waals surface area contributed by atoms with Crippen LogP contribution in [-0.4, -0.2) is 5.51 Å². The van der Waals surface area contributed by atoms with Gasteiger partial charge in [-0.1, -0.05) is 0 Å². The van der Waals surface area contributed by atoms with Gasteiger partial charge in [-0.15, -0.1) is 0 Å². The van der Waals surface area contributed by atoms with Crippen molar-refractivity contribution in [3.05, 3.63) is 78.1 Å². The number of nitriles is 4. The van der Waals surface area contributed by atoms with Crippen LogP contribution in [0.2, 0.25) is 0 Å².